The van der Waals surface area contributed by atoms with Crippen LogP contribution in [0.1, 0.15) is 61.6 Å². The number of hydrogen-bond donors (Lipinski definition) is 0. The van der Waals surface area contributed by atoms with Crippen molar-refractivity contribution in [2.24, 2.45) is 17.8 Å². The Bertz CT molecular complexity index is 784. The second-order valence-corrected chi connectivity index (χ2v) is 17.7. The van der Waals surface area contributed by atoms with Crippen molar-refractivity contribution < 1.29 is 42.8 Å². The second kappa shape index (κ2) is 10.6. The van der Waals surface area contributed by atoms with Gasteiger partial charge in [0.1, 0.15) is 0 Å². The van der Waals surface area contributed by atoms with E-state index in [9.17, 15) is 0 Å². The van der Waals surface area contributed by atoms with Crippen LogP contribution in [0.15, 0.2) is 36.4 Å². The molecule has 0 aliphatic carbocycles. The molecule has 0 bridgehead atoms. The zero-order chi connectivity index (χ0) is 19.7. The minimum absolute atomic E-state index is 0.474. The van der Waals surface area contributed by atoms with Gasteiger partial charge < -0.3 is 0 Å². The molecule has 3 rings (SSSR count). The minimum atomic E-state index is 0.474. The second-order valence-electron chi connectivity index (χ2n) is 8.88. The molecule has 0 radical (unpaired) electrons. The van der Waals surface area contributed by atoms with Gasteiger partial charge in [0.15, 0.2) is 0 Å². The van der Waals surface area contributed by atoms with E-state index in [2.05, 4.69) is 82.8 Å². The van der Waals surface area contributed by atoms with E-state index >= 15 is 0 Å². The van der Waals surface area contributed by atoms with Crippen molar-refractivity contribution in [3.05, 3.63) is 58.7 Å². The molecule has 0 unspecified atom stereocenters. The Morgan fingerprint density at radius 3 is 2.30 bits per heavy atom. The summed E-state index contributed by atoms with van der Waals surface area (Å²) in [6.07, 6.45) is 2.41. The zero-order valence-corrected chi connectivity index (χ0v) is 32.1. The van der Waals surface area contributed by atoms with E-state index in [1.165, 1.54) is 17.5 Å². The topological polar surface area (TPSA) is 0 Å². The number of thioether (sulfide) groups is 1. The average Bonchev–Trinajstić information content (AvgIpc) is 2.64. The molecule has 0 spiro atoms. The SMILES string of the molecule is CC[C@H]1S[C@@H](c2cc(Cc3cc[c]([RaH])cc3)[c]([Rb])cc2C)[C@H](C)[C@@H](C)[C@@H]1C. The molecule has 0 N–H and O–H groups in total. The fourth-order valence-electron chi connectivity index (χ4n) is 4.69. The van der Waals surface area contributed by atoms with Gasteiger partial charge >= 0.3 is 244 Å². The molecule has 0 amide bonds. The van der Waals surface area contributed by atoms with Crippen molar-refractivity contribution in [2.75, 3.05) is 0 Å². The summed E-state index contributed by atoms with van der Waals surface area (Å²) in [5.41, 5.74) is 6.25. The quantitative estimate of drug-likeness (QED) is 0.455. The fraction of sp³-hybridized carbons (Fsp3) is 0.500. The average molecular weight is 663 g/mol. The summed E-state index contributed by atoms with van der Waals surface area (Å²) < 4.78 is 3.23. The third-order valence-electron chi connectivity index (χ3n) is 6.99. The van der Waals surface area contributed by atoms with Crippen LogP contribution >= 0.6 is 11.8 Å². The molecule has 1 heterocycles. The Kier molecular flexibility index (Phi) is 9.30. The summed E-state index contributed by atoms with van der Waals surface area (Å²) in [4.78, 5) is 0. The number of benzene rings is 2. The summed E-state index contributed by atoms with van der Waals surface area (Å²) >= 11 is 3.28. The first-order valence-corrected chi connectivity index (χ1v) is 18.1. The van der Waals surface area contributed by atoms with Crippen LogP contribution in [-0.2, 0) is 6.42 Å². The first-order chi connectivity index (χ1) is 12.8. The number of hydrogen-bond acceptors (Lipinski definition) is 1. The Morgan fingerprint density at radius 2 is 1.67 bits per heavy atom. The summed E-state index contributed by atoms with van der Waals surface area (Å²) in [7, 11) is 0. The van der Waals surface area contributed by atoms with Gasteiger partial charge in [-0.15, -0.1) is 0 Å². The molecular formula is C24H31RaRbS. The van der Waals surface area contributed by atoms with E-state index in [4.69, 9.17) is 0 Å². The van der Waals surface area contributed by atoms with Gasteiger partial charge in [-0.1, -0.05) is 0 Å². The van der Waals surface area contributed by atoms with Crippen LogP contribution < -0.4 is -0.764 Å². The summed E-state index contributed by atoms with van der Waals surface area (Å²) in [5.74, 6) is 2.37. The molecule has 27 heavy (non-hydrogen) atoms. The zero-order valence-electron chi connectivity index (χ0n) is 18.2. The van der Waals surface area contributed by atoms with Crippen LogP contribution in [-0.4, -0.2) is 60.8 Å². The number of rotatable bonds is 4. The molecule has 1 saturated heterocycles. The first-order valence-electron chi connectivity index (χ1n) is 10.6. The van der Waals surface area contributed by atoms with Gasteiger partial charge in [-0.3, -0.25) is 0 Å². The maximum atomic E-state index is 2.60. The Balaban J connectivity index is 1.94. The first kappa shape index (κ1) is 23.7. The molecule has 0 nitrogen and oxygen atoms in total. The van der Waals surface area contributed by atoms with E-state index in [1.54, 1.807) is 10.4 Å². The van der Waals surface area contributed by atoms with Gasteiger partial charge in [-0.25, -0.2) is 0 Å². The van der Waals surface area contributed by atoms with E-state index < -0.39 is 0 Å². The van der Waals surface area contributed by atoms with E-state index in [0.29, 0.717) is 104 Å². The summed E-state index contributed by atoms with van der Waals surface area (Å²) in [6, 6.07) is 14.6. The molecule has 1 aliphatic heterocycles. The van der Waals surface area contributed by atoms with Crippen molar-refractivity contribution in [2.45, 2.75) is 58.0 Å². The Labute approximate surface area is 238 Å². The molecule has 136 valence electrons. The van der Waals surface area contributed by atoms with Gasteiger partial charge in [0.05, 0.1) is 0 Å². The molecule has 1 aliphatic rings. The van der Waals surface area contributed by atoms with Gasteiger partial charge in [0.25, 0.3) is 0 Å². The van der Waals surface area contributed by atoms with E-state index in [1.807, 2.05) is 0 Å². The molecule has 1 fully saturated rings. The van der Waals surface area contributed by atoms with Crippen molar-refractivity contribution in [3.8, 4) is 0 Å². The fourth-order valence-corrected chi connectivity index (χ4v) is 9.88. The normalized spacial score (nSPS) is 28.3. The number of aryl methyl sites for hydroxylation is 1. The Morgan fingerprint density at radius 1 is 1.00 bits per heavy atom. The molecule has 2 aromatic carbocycles. The Hall–Kier alpha value is 2.06. The van der Waals surface area contributed by atoms with Gasteiger partial charge in [0, 0.05) is 0 Å². The standard InChI is InChI=1S/C24H30S.Ra.Rb.H/c1-6-23-18(4)17(3)19(5)24(25-23)22-15-21(13-12-16(22)2)14-20-10-8-7-9-11-20;;;/h8-12,15,17-19,23-24H,6,14H2,1-5H3;;;/t17-,18-,19+,23+,24+;;;/m0.../s1. The van der Waals surface area contributed by atoms with Gasteiger partial charge in [0.2, 0.25) is 0 Å². The predicted octanol–water partition coefficient (Wildman–Crippen LogP) is 4.76. The maximum absolute atomic E-state index is 2.60. The van der Waals surface area contributed by atoms with Crippen LogP contribution in [0.25, 0.3) is 0 Å². The van der Waals surface area contributed by atoms with Crippen LogP contribution in [0.4, 0.5) is 0 Å². The van der Waals surface area contributed by atoms with Gasteiger partial charge in [-0.05, 0) is 0 Å². The molecule has 0 aromatic heterocycles. The molecule has 0 saturated carbocycles. The predicted molar refractivity (Wildman–Crippen MR) is 119 cm³/mol. The van der Waals surface area contributed by atoms with Crippen LogP contribution in [0, 0.1) is 67.5 Å². The van der Waals surface area contributed by atoms with Crippen LogP contribution in [0.3, 0.4) is 0 Å². The van der Waals surface area contributed by atoms with Crippen LogP contribution in [0.2, 0.25) is 0 Å². The molecule has 5 atom stereocenters. The third kappa shape index (κ3) is 5.65. The molecular weight excluding hydrogens is 632 g/mol. The molecule has 3 heteroatoms. The van der Waals surface area contributed by atoms with Crippen molar-refractivity contribution in [1.82, 2.24) is 0 Å². The van der Waals surface area contributed by atoms with Crippen molar-refractivity contribution in [3.63, 3.8) is 0 Å². The molecule has 2 aromatic rings. The van der Waals surface area contributed by atoms with E-state index in [0.717, 1.165) is 29.4 Å². The third-order valence-corrected chi connectivity index (χ3v) is 14.1. The summed E-state index contributed by atoms with van der Waals surface area (Å²) in [6.45, 7) is 12.2. The van der Waals surface area contributed by atoms with Crippen LogP contribution in [0.5, 0.6) is 0 Å². The van der Waals surface area contributed by atoms with E-state index in [-0.39, 0.29) is 0 Å². The van der Waals surface area contributed by atoms with Gasteiger partial charge in [-0.2, -0.15) is 0 Å². The summed E-state index contributed by atoms with van der Waals surface area (Å²) in [5, 5.41) is 1.46. The van der Waals surface area contributed by atoms with Crippen molar-refractivity contribution in [1.29, 1.82) is 0 Å². The monoisotopic (exact) mass is 662 g/mol. The van der Waals surface area contributed by atoms with Crippen molar-refractivity contribution >= 4 is 66.5 Å².